The van der Waals surface area contributed by atoms with Crippen molar-refractivity contribution in [3.63, 3.8) is 0 Å². The molecule has 10 heteroatoms. The lowest BCUT2D eigenvalue weighted by Gasteiger charge is -2.26. The molecule has 0 spiro atoms. The first-order chi connectivity index (χ1) is 16.3. The summed E-state index contributed by atoms with van der Waals surface area (Å²) in [5.41, 5.74) is 0.622. The molecule has 1 N–H and O–H groups in total. The third kappa shape index (κ3) is 4.44. The maximum atomic E-state index is 13.1. The van der Waals surface area contributed by atoms with Crippen LogP contribution in [0.1, 0.15) is 23.6 Å². The van der Waals surface area contributed by atoms with E-state index >= 15 is 0 Å². The van der Waals surface area contributed by atoms with Crippen molar-refractivity contribution in [1.82, 2.24) is 9.80 Å². The standard InChI is InChI=1S/C24H25N3O7/c1-25(2)10-3-11-26-21(15-4-7-17(8-5-15)27(31)32)20(23(29)24(26)30)22(28)16-6-9-18-19(14-16)34-13-12-33-18/h4-9,14,21,28H,3,10-13H2,1-2H3/b22-20+/t21-/m1/s1. The number of amides is 1. The first-order valence-electron chi connectivity index (χ1n) is 10.9. The Morgan fingerprint density at radius 1 is 1.12 bits per heavy atom. The number of fused-ring (bicyclic) bond motifs is 1. The van der Waals surface area contributed by atoms with Gasteiger partial charge in [-0.3, -0.25) is 19.7 Å². The predicted octanol–water partition coefficient (Wildman–Crippen LogP) is 2.74. The van der Waals surface area contributed by atoms with Crippen molar-refractivity contribution < 1.29 is 29.1 Å². The van der Waals surface area contributed by atoms with E-state index in [1.165, 1.54) is 29.2 Å². The summed E-state index contributed by atoms with van der Waals surface area (Å²) in [6.45, 7) is 1.74. The summed E-state index contributed by atoms with van der Waals surface area (Å²) in [5.74, 6) is -0.906. The number of ether oxygens (including phenoxy) is 2. The van der Waals surface area contributed by atoms with Gasteiger partial charge in [-0.15, -0.1) is 0 Å². The van der Waals surface area contributed by atoms with Crippen LogP contribution in [0.4, 0.5) is 5.69 Å². The third-order valence-corrected chi connectivity index (χ3v) is 5.78. The number of nitro benzene ring substituents is 1. The normalized spacial score (nSPS) is 19.0. The molecule has 1 saturated heterocycles. The van der Waals surface area contributed by atoms with E-state index in [-0.39, 0.29) is 23.6 Å². The Morgan fingerprint density at radius 2 is 1.79 bits per heavy atom. The van der Waals surface area contributed by atoms with Crippen molar-refractivity contribution >= 4 is 23.1 Å². The van der Waals surface area contributed by atoms with E-state index in [1.54, 1.807) is 18.2 Å². The number of nitrogens with zero attached hydrogens (tertiary/aromatic N) is 3. The molecule has 0 aliphatic carbocycles. The van der Waals surface area contributed by atoms with E-state index < -0.39 is 22.7 Å². The number of aliphatic hydroxyl groups is 1. The molecule has 1 fully saturated rings. The van der Waals surface area contributed by atoms with Gasteiger partial charge in [0.25, 0.3) is 17.4 Å². The zero-order chi connectivity index (χ0) is 24.4. The Morgan fingerprint density at radius 3 is 2.44 bits per heavy atom. The number of benzene rings is 2. The molecule has 2 heterocycles. The van der Waals surface area contributed by atoms with Gasteiger partial charge in [0.2, 0.25) is 0 Å². The molecule has 2 aromatic carbocycles. The molecule has 1 atom stereocenters. The van der Waals surface area contributed by atoms with Crippen molar-refractivity contribution in [2.45, 2.75) is 12.5 Å². The summed E-state index contributed by atoms with van der Waals surface area (Å²) in [4.78, 5) is 40.0. The number of carbonyl (C=O) groups excluding carboxylic acids is 2. The van der Waals surface area contributed by atoms with Crippen LogP contribution in [0, 0.1) is 10.1 Å². The fourth-order valence-corrected chi connectivity index (χ4v) is 4.14. The maximum absolute atomic E-state index is 13.1. The fraction of sp³-hybridized carbons (Fsp3) is 0.333. The molecule has 0 unspecified atom stereocenters. The van der Waals surface area contributed by atoms with Crippen LogP contribution < -0.4 is 9.47 Å². The highest BCUT2D eigenvalue weighted by atomic mass is 16.6. The van der Waals surface area contributed by atoms with Crippen LogP contribution in [0.25, 0.3) is 5.76 Å². The van der Waals surface area contributed by atoms with Crippen LogP contribution in [0.5, 0.6) is 11.5 Å². The summed E-state index contributed by atoms with van der Waals surface area (Å²) in [6, 6.07) is 9.56. The van der Waals surface area contributed by atoms with Crippen molar-refractivity contribution in [3.8, 4) is 11.5 Å². The molecule has 2 aromatic rings. The van der Waals surface area contributed by atoms with Gasteiger partial charge in [0.15, 0.2) is 11.5 Å². The van der Waals surface area contributed by atoms with Gasteiger partial charge >= 0.3 is 0 Å². The molecule has 4 rings (SSSR count). The molecule has 2 aliphatic heterocycles. The van der Waals surface area contributed by atoms with Gasteiger partial charge in [0.05, 0.1) is 16.5 Å². The molecule has 34 heavy (non-hydrogen) atoms. The summed E-state index contributed by atoms with van der Waals surface area (Å²) >= 11 is 0. The van der Waals surface area contributed by atoms with E-state index in [0.717, 1.165) is 0 Å². The lowest BCUT2D eigenvalue weighted by molar-refractivity contribution is -0.384. The second-order valence-electron chi connectivity index (χ2n) is 8.36. The fourth-order valence-electron chi connectivity index (χ4n) is 4.14. The minimum Gasteiger partial charge on any atom is -0.507 e. The number of likely N-dealkylation sites (tertiary alicyclic amines) is 1. The van der Waals surface area contributed by atoms with Crippen LogP contribution in [-0.4, -0.2) is 71.9 Å². The number of nitro groups is 1. The van der Waals surface area contributed by atoms with Gasteiger partial charge in [-0.2, -0.15) is 0 Å². The molecular weight excluding hydrogens is 442 g/mol. The Hall–Kier alpha value is -3.92. The van der Waals surface area contributed by atoms with Gasteiger partial charge in [0.1, 0.15) is 19.0 Å². The van der Waals surface area contributed by atoms with Gasteiger partial charge < -0.3 is 24.4 Å². The number of aliphatic hydroxyl groups excluding tert-OH is 1. The molecular formula is C24H25N3O7. The van der Waals surface area contributed by atoms with Crippen molar-refractivity contribution in [2.75, 3.05) is 40.4 Å². The van der Waals surface area contributed by atoms with E-state index in [4.69, 9.17) is 9.47 Å². The molecule has 0 bridgehead atoms. The lowest BCUT2D eigenvalue weighted by Crippen LogP contribution is -2.32. The zero-order valence-electron chi connectivity index (χ0n) is 18.9. The molecule has 0 radical (unpaired) electrons. The largest absolute Gasteiger partial charge is 0.507 e. The highest BCUT2D eigenvalue weighted by Crippen LogP contribution is 2.41. The number of ketones is 1. The predicted molar refractivity (Wildman–Crippen MR) is 123 cm³/mol. The first-order valence-corrected chi connectivity index (χ1v) is 10.9. The van der Waals surface area contributed by atoms with E-state index in [0.29, 0.717) is 48.8 Å². The van der Waals surface area contributed by atoms with E-state index in [9.17, 15) is 24.8 Å². The number of hydrogen-bond acceptors (Lipinski definition) is 8. The highest BCUT2D eigenvalue weighted by Gasteiger charge is 2.46. The minimum absolute atomic E-state index is 0.0691. The van der Waals surface area contributed by atoms with Crippen LogP contribution in [0.3, 0.4) is 0 Å². The first kappa shape index (κ1) is 23.2. The van der Waals surface area contributed by atoms with Crippen LogP contribution in [0.15, 0.2) is 48.0 Å². The summed E-state index contributed by atoms with van der Waals surface area (Å²) < 4.78 is 11.1. The summed E-state index contributed by atoms with van der Waals surface area (Å²) in [7, 11) is 3.81. The number of carbonyl (C=O) groups is 2. The topological polar surface area (TPSA) is 122 Å². The Kier molecular flexibility index (Phi) is 6.51. The number of Topliss-reactive ketones (excluding diaryl/α,β-unsaturated/α-hetero) is 1. The van der Waals surface area contributed by atoms with Crippen molar-refractivity contribution in [1.29, 1.82) is 0 Å². The van der Waals surface area contributed by atoms with E-state index in [2.05, 4.69) is 0 Å². The summed E-state index contributed by atoms with van der Waals surface area (Å²) in [6.07, 6.45) is 0.605. The SMILES string of the molecule is CN(C)CCCN1C(=O)C(=O)/C(=C(/O)c2ccc3c(c2)OCCO3)[C@H]1c1ccc([N+](=O)[O-])cc1. The highest BCUT2D eigenvalue weighted by molar-refractivity contribution is 6.46. The molecule has 1 amide bonds. The Labute approximate surface area is 196 Å². The van der Waals surface area contributed by atoms with Gasteiger partial charge in [-0.1, -0.05) is 0 Å². The number of rotatable bonds is 7. The van der Waals surface area contributed by atoms with Gasteiger partial charge in [-0.25, -0.2) is 0 Å². The van der Waals surface area contributed by atoms with Crippen LogP contribution in [0.2, 0.25) is 0 Å². The molecule has 0 saturated carbocycles. The molecule has 0 aromatic heterocycles. The lowest BCUT2D eigenvalue weighted by atomic mass is 9.95. The third-order valence-electron chi connectivity index (χ3n) is 5.78. The number of hydrogen-bond donors (Lipinski definition) is 1. The summed E-state index contributed by atoms with van der Waals surface area (Å²) in [5, 5.41) is 22.3. The minimum atomic E-state index is -0.879. The van der Waals surface area contributed by atoms with Crippen LogP contribution in [-0.2, 0) is 9.59 Å². The Balaban J connectivity index is 1.78. The molecule has 10 nitrogen and oxygen atoms in total. The second-order valence-corrected chi connectivity index (χ2v) is 8.36. The molecule has 178 valence electrons. The average molecular weight is 467 g/mol. The monoisotopic (exact) mass is 467 g/mol. The Bertz CT molecular complexity index is 1160. The molecule has 2 aliphatic rings. The van der Waals surface area contributed by atoms with Gasteiger partial charge in [-0.05, 0) is 63.0 Å². The number of non-ortho nitro benzene ring substituents is 1. The van der Waals surface area contributed by atoms with Crippen molar-refractivity contribution in [2.24, 2.45) is 0 Å². The van der Waals surface area contributed by atoms with E-state index in [1.807, 2.05) is 19.0 Å². The van der Waals surface area contributed by atoms with Crippen LogP contribution >= 0.6 is 0 Å². The quantitative estimate of drug-likeness (QED) is 0.217. The smallest absolute Gasteiger partial charge is 0.295 e. The van der Waals surface area contributed by atoms with Crippen molar-refractivity contribution in [3.05, 3.63) is 69.3 Å². The average Bonchev–Trinajstić information content (AvgIpc) is 3.08. The second kappa shape index (κ2) is 9.52. The zero-order valence-corrected chi connectivity index (χ0v) is 18.9. The maximum Gasteiger partial charge on any atom is 0.295 e. The van der Waals surface area contributed by atoms with Gasteiger partial charge in [0, 0.05) is 24.2 Å².